The molecule has 1 aromatic carbocycles. The zero-order valence-electron chi connectivity index (χ0n) is 16.9. The molecule has 0 spiro atoms. The number of aryl methyl sites for hydroxylation is 1. The summed E-state index contributed by atoms with van der Waals surface area (Å²) in [6.07, 6.45) is 4.05. The Bertz CT molecular complexity index is 922. The lowest BCUT2D eigenvalue weighted by molar-refractivity contribution is -0.124. The van der Waals surface area contributed by atoms with Crippen LogP contribution in [0.3, 0.4) is 0 Å². The third-order valence-corrected chi connectivity index (χ3v) is 6.16. The van der Waals surface area contributed by atoms with Crippen LogP contribution in [0.2, 0.25) is 0 Å². The average Bonchev–Trinajstić information content (AvgIpc) is 3.55. The van der Waals surface area contributed by atoms with Crippen molar-refractivity contribution < 1.29 is 4.79 Å². The first-order valence-corrected chi connectivity index (χ1v) is 10.4. The summed E-state index contributed by atoms with van der Waals surface area (Å²) in [6.45, 7) is 6.61. The Kier molecular flexibility index (Phi) is 4.86. The molecule has 1 N–H and O–H groups in total. The van der Waals surface area contributed by atoms with Gasteiger partial charge in [0.05, 0.1) is 23.7 Å². The van der Waals surface area contributed by atoms with Gasteiger partial charge in [-0.3, -0.25) is 9.59 Å². The van der Waals surface area contributed by atoms with E-state index in [1.807, 2.05) is 6.07 Å². The Balaban J connectivity index is 1.51. The Labute approximate surface area is 166 Å². The van der Waals surface area contributed by atoms with Gasteiger partial charge in [-0.2, -0.15) is 5.10 Å². The largest absolute Gasteiger partial charge is 0.350 e. The molecule has 2 aliphatic carbocycles. The predicted octanol–water partition coefficient (Wildman–Crippen LogP) is 3.30. The van der Waals surface area contributed by atoms with Crippen LogP contribution in [0.15, 0.2) is 41.2 Å². The van der Waals surface area contributed by atoms with Gasteiger partial charge in [0.1, 0.15) is 0 Å². The number of benzene rings is 1. The van der Waals surface area contributed by atoms with E-state index in [0.29, 0.717) is 12.5 Å². The van der Waals surface area contributed by atoms with Crippen molar-refractivity contribution in [2.45, 2.75) is 70.4 Å². The van der Waals surface area contributed by atoms with Crippen LogP contribution < -0.4 is 10.9 Å². The number of nitrogens with zero attached hydrogens (tertiary/aromatic N) is 2. The van der Waals surface area contributed by atoms with Crippen molar-refractivity contribution in [3.05, 3.63) is 63.6 Å². The number of carbonyl (C=O) groups is 1. The second kappa shape index (κ2) is 7.19. The standard InChI is InChI=1S/C23H29N3O2/c1-15(2)20(14-26-21(27)11-10-19(25-26)17-6-7-17)24-22(28)23(12-13-23)18-8-4-16(3)5-9-18/h4-5,8-11,15,17,20H,6-7,12-14H2,1-3H3,(H,24,28)/t20-/m1/s1. The number of aromatic nitrogens is 2. The van der Waals surface area contributed by atoms with E-state index in [1.54, 1.807) is 6.07 Å². The summed E-state index contributed by atoms with van der Waals surface area (Å²) in [7, 11) is 0. The van der Waals surface area contributed by atoms with Crippen LogP contribution >= 0.6 is 0 Å². The van der Waals surface area contributed by atoms with Gasteiger partial charge in [0, 0.05) is 12.0 Å². The van der Waals surface area contributed by atoms with Crippen molar-refractivity contribution in [1.82, 2.24) is 15.1 Å². The van der Waals surface area contributed by atoms with Gasteiger partial charge in [-0.1, -0.05) is 43.7 Å². The molecule has 2 aromatic rings. The van der Waals surface area contributed by atoms with Crippen LogP contribution in [0.1, 0.15) is 62.3 Å². The molecule has 1 heterocycles. The number of amides is 1. The van der Waals surface area contributed by atoms with Crippen LogP contribution in [-0.4, -0.2) is 21.7 Å². The van der Waals surface area contributed by atoms with Crippen molar-refractivity contribution in [3.63, 3.8) is 0 Å². The smallest absolute Gasteiger partial charge is 0.266 e. The Morgan fingerprint density at radius 1 is 1.18 bits per heavy atom. The van der Waals surface area contributed by atoms with E-state index in [4.69, 9.17) is 0 Å². The second-order valence-electron chi connectivity index (χ2n) is 8.82. The SMILES string of the molecule is Cc1ccc(C2(C(=O)N[C@H](Cn3nc(C4CC4)ccc3=O)C(C)C)CC2)cc1. The molecule has 2 fully saturated rings. The highest BCUT2D eigenvalue weighted by Gasteiger charge is 2.51. The highest BCUT2D eigenvalue weighted by atomic mass is 16.2. The minimum absolute atomic E-state index is 0.0708. The number of nitrogens with one attached hydrogen (secondary N) is 1. The Hall–Kier alpha value is -2.43. The molecule has 0 unspecified atom stereocenters. The van der Waals surface area contributed by atoms with Gasteiger partial charge in [-0.05, 0) is 50.2 Å². The van der Waals surface area contributed by atoms with E-state index in [0.717, 1.165) is 36.9 Å². The van der Waals surface area contributed by atoms with Gasteiger partial charge >= 0.3 is 0 Å². The maximum atomic E-state index is 13.2. The van der Waals surface area contributed by atoms with E-state index in [9.17, 15) is 9.59 Å². The fourth-order valence-electron chi connectivity index (χ4n) is 3.75. The fourth-order valence-corrected chi connectivity index (χ4v) is 3.75. The minimum Gasteiger partial charge on any atom is -0.350 e. The summed E-state index contributed by atoms with van der Waals surface area (Å²) < 4.78 is 1.53. The molecule has 2 saturated carbocycles. The zero-order chi connectivity index (χ0) is 19.9. The number of hydrogen-bond acceptors (Lipinski definition) is 3. The van der Waals surface area contributed by atoms with Crippen molar-refractivity contribution in [1.29, 1.82) is 0 Å². The lowest BCUT2D eigenvalue weighted by Gasteiger charge is -2.26. The molecule has 4 rings (SSSR count). The normalized spacial score (nSPS) is 18.7. The van der Waals surface area contributed by atoms with Gasteiger partial charge in [-0.15, -0.1) is 0 Å². The molecule has 0 saturated heterocycles. The predicted molar refractivity (Wildman–Crippen MR) is 109 cm³/mol. The number of rotatable bonds is 7. The first-order chi connectivity index (χ1) is 13.4. The molecule has 5 heteroatoms. The van der Waals surface area contributed by atoms with Crippen LogP contribution in [0, 0.1) is 12.8 Å². The monoisotopic (exact) mass is 379 g/mol. The quantitative estimate of drug-likeness (QED) is 0.803. The molecule has 2 aliphatic rings. The summed E-state index contributed by atoms with van der Waals surface area (Å²) in [5, 5.41) is 7.80. The average molecular weight is 380 g/mol. The molecular weight excluding hydrogens is 350 g/mol. The minimum atomic E-state index is -0.408. The molecule has 0 bridgehead atoms. The molecule has 28 heavy (non-hydrogen) atoms. The highest BCUT2D eigenvalue weighted by molar-refractivity contribution is 5.91. The number of carbonyl (C=O) groups excluding carboxylic acids is 1. The van der Waals surface area contributed by atoms with Crippen molar-refractivity contribution in [2.24, 2.45) is 5.92 Å². The third kappa shape index (κ3) is 3.75. The lowest BCUT2D eigenvalue weighted by Crippen LogP contribution is -2.47. The van der Waals surface area contributed by atoms with Gasteiger partial charge in [-0.25, -0.2) is 4.68 Å². The number of hydrogen-bond donors (Lipinski definition) is 1. The van der Waals surface area contributed by atoms with E-state index in [1.165, 1.54) is 10.2 Å². The molecule has 1 aromatic heterocycles. The molecular formula is C23H29N3O2. The topological polar surface area (TPSA) is 64.0 Å². The van der Waals surface area contributed by atoms with Crippen LogP contribution in [-0.2, 0) is 16.8 Å². The molecule has 0 aliphatic heterocycles. The molecule has 0 radical (unpaired) electrons. The summed E-state index contributed by atoms with van der Waals surface area (Å²) in [6, 6.07) is 11.6. The van der Waals surface area contributed by atoms with Crippen molar-refractivity contribution >= 4 is 5.91 Å². The first kappa shape index (κ1) is 18.9. The van der Waals surface area contributed by atoms with Crippen molar-refractivity contribution in [2.75, 3.05) is 0 Å². The molecule has 148 valence electrons. The highest BCUT2D eigenvalue weighted by Crippen LogP contribution is 2.48. The summed E-state index contributed by atoms with van der Waals surface area (Å²) in [5.41, 5.74) is 2.76. The summed E-state index contributed by atoms with van der Waals surface area (Å²) in [4.78, 5) is 25.5. The third-order valence-electron chi connectivity index (χ3n) is 6.16. The van der Waals surface area contributed by atoms with Gasteiger partial charge in [0.2, 0.25) is 5.91 Å². The summed E-state index contributed by atoms with van der Waals surface area (Å²) >= 11 is 0. The van der Waals surface area contributed by atoms with Gasteiger partial charge in [0.25, 0.3) is 5.56 Å². The Morgan fingerprint density at radius 3 is 2.43 bits per heavy atom. The lowest BCUT2D eigenvalue weighted by atomic mass is 9.93. The van der Waals surface area contributed by atoms with E-state index >= 15 is 0 Å². The maximum Gasteiger partial charge on any atom is 0.266 e. The summed E-state index contributed by atoms with van der Waals surface area (Å²) in [5.74, 6) is 0.771. The zero-order valence-corrected chi connectivity index (χ0v) is 16.9. The van der Waals surface area contributed by atoms with E-state index in [-0.39, 0.29) is 23.4 Å². The van der Waals surface area contributed by atoms with Crippen LogP contribution in [0.25, 0.3) is 0 Å². The Morgan fingerprint density at radius 2 is 1.86 bits per heavy atom. The van der Waals surface area contributed by atoms with E-state index in [2.05, 4.69) is 55.5 Å². The van der Waals surface area contributed by atoms with E-state index < -0.39 is 5.41 Å². The molecule has 5 nitrogen and oxygen atoms in total. The van der Waals surface area contributed by atoms with Crippen molar-refractivity contribution in [3.8, 4) is 0 Å². The second-order valence-corrected chi connectivity index (χ2v) is 8.82. The fraction of sp³-hybridized carbons (Fsp3) is 0.522. The van der Waals surface area contributed by atoms with Gasteiger partial charge in [0.15, 0.2) is 0 Å². The first-order valence-electron chi connectivity index (χ1n) is 10.4. The van der Waals surface area contributed by atoms with Crippen LogP contribution in [0.5, 0.6) is 0 Å². The van der Waals surface area contributed by atoms with Gasteiger partial charge < -0.3 is 5.32 Å². The van der Waals surface area contributed by atoms with Crippen LogP contribution in [0.4, 0.5) is 0 Å². The molecule has 1 amide bonds. The molecule has 1 atom stereocenters. The maximum absolute atomic E-state index is 13.2.